The van der Waals surface area contributed by atoms with Crippen molar-refractivity contribution in [2.24, 2.45) is 0 Å². The molecule has 0 aliphatic carbocycles. The molecule has 2 aromatic rings. The van der Waals surface area contributed by atoms with Gasteiger partial charge in [-0.1, -0.05) is 17.8 Å². The second-order valence-corrected chi connectivity index (χ2v) is 6.01. The normalized spacial score (nSPS) is 15.3. The Bertz CT molecular complexity index is 807. The minimum Gasteiger partial charge on any atom is -0.485 e. The van der Waals surface area contributed by atoms with Crippen LogP contribution < -0.4 is 19.2 Å². The fourth-order valence-electron chi connectivity index (χ4n) is 2.45. The number of hydrogen-bond donors (Lipinski definition) is 0. The molecule has 0 radical (unpaired) electrons. The second kappa shape index (κ2) is 6.08. The standard InChI is InChI=1S/C15H14N4O4S/c1-2-5-18-14(20)8-24-15-17-16-13(19(15)18)7-21-10-3-4-11-12(6-10)23-9-22-11/h2-4,6H,1,5,7-9H2. The maximum atomic E-state index is 12.1. The number of rotatable bonds is 5. The molecule has 4 rings (SSSR count). The van der Waals surface area contributed by atoms with E-state index >= 15 is 0 Å². The minimum atomic E-state index is -0.0171. The first-order valence-electron chi connectivity index (χ1n) is 7.27. The summed E-state index contributed by atoms with van der Waals surface area (Å²) in [6.07, 6.45) is 1.67. The van der Waals surface area contributed by atoms with Gasteiger partial charge >= 0.3 is 0 Å². The van der Waals surface area contributed by atoms with E-state index in [0.29, 0.717) is 40.5 Å². The summed E-state index contributed by atoms with van der Waals surface area (Å²) in [5.41, 5.74) is 0. The van der Waals surface area contributed by atoms with Gasteiger partial charge in [-0.2, -0.15) is 0 Å². The van der Waals surface area contributed by atoms with E-state index in [9.17, 15) is 4.79 Å². The first kappa shape index (κ1) is 14.9. The number of nitrogens with zero attached hydrogens (tertiary/aromatic N) is 4. The van der Waals surface area contributed by atoms with Crippen LogP contribution in [0.5, 0.6) is 17.2 Å². The summed E-state index contributed by atoms with van der Waals surface area (Å²) in [6.45, 7) is 4.47. The van der Waals surface area contributed by atoms with Crippen molar-refractivity contribution in [3.63, 3.8) is 0 Å². The third-order valence-electron chi connectivity index (χ3n) is 3.54. The molecule has 1 aromatic carbocycles. The van der Waals surface area contributed by atoms with Crippen LogP contribution in [-0.4, -0.2) is 39.9 Å². The Morgan fingerprint density at radius 3 is 3.08 bits per heavy atom. The van der Waals surface area contributed by atoms with Gasteiger partial charge < -0.3 is 14.2 Å². The molecule has 2 aliphatic rings. The van der Waals surface area contributed by atoms with Crippen molar-refractivity contribution in [1.82, 2.24) is 14.9 Å². The van der Waals surface area contributed by atoms with Gasteiger partial charge in [-0.05, 0) is 12.1 Å². The van der Waals surface area contributed by atoms with Crippen LogP contribution in [0.1, 0.15) is 5.82 Å². The van der Waals surface area contributed by atoms with E-state index in [2.05, 4.69) is 16.8 Å². The highest BCUT2D eigenvalue weighted by Gasteiger charge is 2.28. The molecule has 1 aromatic heterocycles. The molecule has 0 bridgehead atoms. The Labute approximate surface area is 142 Å². The van der Waals surface area contributed by atoms with Crippen LogP contribution in [0.15, 0.2) is 36.0 Å². The third kappa shape index (κ3) is 2.56. The molecule has 0 fully saturated rings. The Kier molecular flexibility index (Phi) is 3.77. The lowest BCUT2D eigenvalue weighted by Crippen LogP contribution is -2.45. The van der Waals surface area contributed by atoms with Crippen molar-refractivity contribution in [3.05, 3.63) is 36.7 Å². The number of ether oxygens (including phenoxy) is 3. The quantitative estimate of drug-likeness (QED) is 0.756. The molecule has 0 saturated carbocycles. The zero-order valence-electron chi connectivity index (χ0n) is 12.7. The molecule has 124 valence electrons. The lowest BCUT2D eigenvalue weighted by Gasteiger charge is -2.27. The van der Waals surface area contributed by atoms with Crippen LogP contribution in [0.3, 0.4) is 0 Å². The van der Waals surface area contributed by atoms with E-state index in [1.165, 1.54) is 11.8 Å². The fraction of sp³-hybridized carbons (Fsp3) is 0.267. The summed E-state index contributed by atoms with van der Waals surface area (Å²) in [5, 5.41) is 10.5. The highest BCUT2D eigenvalue weighted by Crippen LogP contribution is 2.35. The van der Waals surface area contributed by atoms with Crippen LogP contribution in [0.4, 0.5) is 0 Å². The van der Waals surface area contributed by atoms with Crippen molar-refractivity contribution in [1.29, 1.82) is 0 Å². The topological polar surface area (TPSA) is 78.7 Å². The van der Waals surface area contributed by atoms with Gasteiger partial charge in [0.1, 0.15) is 12.4 Å². The molecule has 2 aliphatic heterocycles. The second-order valence-electron chi connectivity index (χ2n) is 5.07. The zero-order chi connectivity index (χ0) is 16.5. The van der Waals surface area contributed by atoms with Gasteiger partial charge in [-0.25, -0.2) is 9.69 Å². The molecule has 0 N–H and O–H groups in total. The average molecular weight is 346 g/mol. The number of thioether (sulfide) groups is 1. The van der Waals surface area contributed by atoms with E-state index in [-0.39, 0.29) is 19.3 Å². The molecule has 1 amide bonds. The van der Waals surface area contributed by atoms with Crippen molar-refractivity contribution < 1.29 is 19.0 Å². The van der Waals surface area contributed by atoms with Crippen LogP contribution in [0, 0.1) is 0 Å². The molecule has 3 heterocycles. The SMILES string of the molecule is C=CCN1C(=O)CSc2nnc(COc3ccc4c(c3)OCO4)n21. The van der Waals surface area contributed by atoms with Crippen LogP contribution in [0.2, 0.25) is 0 Å². The highest BCUT2D eigenvalue weighted by atomic mass is 32.2. The first-order chi connectivity index (χ1) is 11.8. The Hall–Kier alpha value is -2.68. The first-order valence-corrected chi connectivity index (χ1v) is 8.26. The van der Waals surface area contributed by atoms with Gasteiger partial charge in [0.2, 0.25) is 11.9 Å². The monoisotopic (exact) mass is 346 g/mol. The van der Waals surface area contributed by atoms with Gasteiger partial charge in [-0.3, -0.25) is 4.79 Å². The lowest BCUT2D eigenvalue weighted by atomic mass is 10.3. The number of fused-ring (bicyclic) bond motifs is 2. The minimum absolute atomic E-state index is 0.0171. The molecular weight excluding hydrogens is 332 g/mol. The number of amides is 1. The lowest BCUT2D eigenvalue weighted by molar-refractivity contribution is -0.117. The average Bonchev–Trinajstić information content (AvgIpc) is 3.21. The van der Waals surface area contributed by atoms with Crippen molar-refractivity contribution in [3.8, 4) is 17.2 Å². The number of benzene rings is 1. The van der Waals surface area contributed by atoms with E-state index < -0.39 is 0 Å². The van der Waals surface area contributed by atoms with Gasteiger partial charge in [0, 0.05) is 6.07 Å². The van der Waals surface area contributed by atoms with E-state index in [1.807, 2.05) is 0 Å². The summed E-state index contributed by atoms with van der Waals surface area (Å²) >= 11 is 1.36. The van der Waals surface area contributed by atoms with E-state index in [1.54, 1.807) is 34.0 Å². The smallest absolute Gasteiger partial charge is 0.252 e. The van der Waals surface area contributed by atoms with Crippen molar-refractivity contribution in [2.45, 2.75) is 11.8 Å². The molecular formula is C15H14N4O4S. The number of hydrogen-bond acceptors (Lipinski definition) is 7. The zero-order valence-corrected chi connectivity index (χ0v) is 13.5. The molecule has 0 unspecified atom stereocenters. The largest absolute Gasteiger partial charge is 0.485 e. The van der Waals surface area contributed by atoms with Gasteiger partial charge in [-0.15, -0.1) is 16.8 Å². The predicted octanol–water partition coefficient (Wildman–Crippen LogP) is 1.34. The number of aromatic nitrogens is 3. The molecule has 9 heteroatoms. The number of carbonyl (C=O) groups excluding carboxylic acids is 1. The third-order valence-corrected chi connectivity index (χ3v) is 4.45. The maximum absolute atomic E-state index is 12.1. The van der Waals surface area contributed by atoms with Crippen LogP contribution >= 0.6 is 11.8 Å². The molecule has 0 saturated heterocycles. The Morgan fingerprint density at radius 1 is 1.33 bits per heavy atom. The summed E-state index contributed by atoms with van der Waals surface area (Å²) in [7, 11) is 0. The molecule has 0 atom stereocenters. The number of carbonyl (C=O) groups is 1. The van der Waals surface area contributed by atoms with E-state index in [4.69, 9.17) is 14.2 Å². The van der Waals surface area contributed by atoms with E-state index in [0.717, 1.165) is 0 Å². The predicted molar refractivity (Wildman–Crippen MR) is 85.9 cm³/mol. The van der Waals surface area contributed by atoms with Crippen LogP contribution in [0.25, 0.3) is 0 Å². The molecule has 24 heavy (non-hydrogen) atoms. The van der Waals surface area contributed by atoms with Crippen molar-refractivity contribution >= 4 is 17.7 Å². The van der Waals surface area contributed by atoms with Gasteiger partial charge in [0.15, 0.2) is 17.3 Å². The molecule has 0 spiro atoms. The summed E-state index contributed by atoms with van der Waals surface area (Å²) in [5.74, 6) is 2.84. The maximum Gasteiger partial charge on any atom is 0.252 e. The van der Waals surface area contributed by atoms with Crippen LogP contribution in [-0.2, 0) is 11.4 Å². The molecule has 8 nitrogen and oxygen atoms in total. The van der Waals surface area contributed by atoms with Gasteiger partial charge in [0.25, 0.3) is 5.91 Å². The summed E-state index contributed by atoms with van der Waals surface area (Å²) < 4.78 is 18.1. The summed E-state index contributed by atoms with van der Waals surface area (Å²) in [4.78, 5) is 12.1. The fourth-order valence-corrected chi connectivity index (χ4v) is 3.28. The Balaban J connectivity index is 1.54. The highest BCUT2D eigenvalue weighted by molar-refractivity contribution is 7.99. The van der Waals surface area contributed by atoms with Gasteiger partial charge in [0.05, 0.1) is 12.3 Å². The van der Waals surface area contributed by atoms with Crippen molar-refractivity contribution in [2.75, 3.05) is 24.1 Å². The Morgan fingerprint density at radius 2 is 2.21 bits per heavy atom. The summed E-state index contributed by atoms with van der Waals surface area (Å²) in [6, 6.07) is 5.35.